The largest absolute Gasteiger partial charge is 0.495 e. The van der Waals surface area contributed by atoms with Crippen molar-refractivity contribution >= 4 is 17.5 Å². The molecular weight excluding hydrogens is 280 g/mol. The minimum Gasteiger partial charge on any atom is -0.495 e. The summed E-state index contributed by atoms with van der Waals surface area (Å²) in [4.78, 5) is 16.1. The Morgan fingerprint density at radius 3 is 2.77 bits per heavy atom. The van der Waals surface area contributed by atoms with Gasteiger partial charge in [-0.15, -0.1) is 0 Å². The Hall–Kier alpha value is -2.56. The first kappa shape index (κ1) is 14.4. The van der Waals surface area contributed by atoms with Gasteiger partial charge in [0.2, 0.25) is 0 Å². The zero-order valence-electron chi connectivity index (χ0n) is 13.1. The van der Waals surface area contributed by atoms with Gasteiger partial charge in [-0.1, -0.05) is 6.07 Å². The van der Waals surface area contributed by atoms with Gasteiger partial charge in [0.05, 0.1) is 18.4 Å². The van der Waals surface area contributed by atoms with E-state index in [2.05, 4.69) is 10.3 Å². The quantitative estimate of drug-likeness (QED) is 0.878. The van der Waals surface area contributed by atoms with Crippen LogP contribution in [-0.2, 0) is 10.3 Å². The second-order valence-electron chi connectivity index (χ2n) is 5.84. The van der Waals surface area contributed by atoms with E-state index in [-0.39, 0.29) is 5.97 Å². The van der Waals surface area contributed by atoms with Gasteiger partial charge in [0.25, 0.3) is 0 Å². The van der Waals surface area contributed by atoms with Gasteiger partial charge in [0.1, 0.15) is 17.2 Å². The molecule has 114 valence electrons. The van der Waals surface area contributed by atoms with Crippen LogP contribution in [0.5, 0.6) is 5.75 Å². The van der Waals surface area contributed by atoms with Crippen molar-refractivity contribution in [3.05, 3.63) is 47.2 Å². The predicted octanol–water partition coefficient (Wildman–Crippen LogP) is 3.55. The third-order valence-electron chi connectivity index (χ3n) is 3.74. The van der Waals surface area contributed by atoms with Gasteiger partial charge >= 0.3 is 5.97 Å². The second kappa shape index (κ2) is 5.02. The first-order chi connectivity index (χ1) is 10.4. The molecule has 0 atom stereocenters. The second-order valence-corrected chi connectivity index (χ2v) is 5.84. The highest BCUT2D eigenvalue weighted by molar-refractivity contribution is 5.94. The van der Waals surface area contributed by atoms with Crippen LogP contribution >= 0.6 is 0 Å². The van der Waals surface area contributed by atoms with Crippen molar-refractivity contribution in [1.29, 1.82) is 0 Å². The molecule has 0 radical (unpaired) electrons. The summed E-state index contributed by atoms with van der Waals surface area (Å²) in [5.41, 5.74) is 2.66. The number of aromatic nitrogens is 1. The number of benzene rings is 1. The summed E-state index contributed by atoms with van der Waals surface area (Å²) in [6.45, 7) is 5.75. The number of hydrogen-bond acceptors (Lipinski definition) is 5. The fraction of sp³-hybridized carbons (Fsp3) is 0.294. The van der Waals surface area contributed by atoms with Crippen molar-refractivity contribution in [2.75, 3.05) is 12.4 Å². The molecule has 0 aliphatic carbocycles. The minimum atomic E-state index is -0.636. The lowest BCUT2D eigenvalue weighted by Crippen LogP contribution is -2.16. The Bertz CT molecular complexity index is 754. The average molecular weight is 298 g/mol. The molecule has 0 bridgehead atoms. The van der Waals surface area contributed by atoms with E-state index in [1.807, 2.05) is 45.0 Å². The molecule has 2 aromatic rings. The molecule has 5 heteroatoms. The first-order valence-electron chi connectivity index (χ1n) is 7.06. The van der Waals surface area contributed by atoms with Crippen LogP contribution in [0.25, 0.3) is 0 Å². The number of pyridine rings is 1. The van der Waals surface area contributed by atoms with Crippen LogP contribution in [0.2, 0.25) is 0 Å². The van der Waals surface area contributed by atoms with Gasteiger partial charge in [-0.05, 0) is 44.5 Å². The number of rotatable bonds is 3. The first-order valence-corrected chi connectivity index (χ1v) is 7.06. The summed E-state index contributed by atoms with van der Waals surface area (Å²) in [6, 6.07) is 7.72. The molecule has 1 aromatic heterocycles. The van der Waals surface area contributed by atoms with Crippen molar-refractivity contribution in [2.24, 2.45) is 0 Å². The van der Waals surface area contributed by atoms with Crippen LogP contribution < -0.4 is 10.1 Å². The number of carbonyl (C=O) groups is 1. The highest BCUT2D eigenvalue weighted by Gasteiger charge is 2.38. The lowest BCUT2D eigenvalue weighted by molar-refractivity contribution is 0.00955. The number of methoxy groups -OCH3 is 1. The number of ether oxygens (including phenoxy) is 2. The number of anilines is 2. The van der Waals surface area contributed by atoms with Gasteiger partial charge < -0.3 is 14.8 Å². The number of carbonyl (C=O) groups excluding carboxylic acids is 1. The minimum absolute atomic E-state index is 0.327. The number of aryl methyl sites for hydroxylation is 1. The molecule has 0 unspecified atom stereocenters. The molecule has 0 spiro atoms. The van der Waals surface area contributed by atoms with Crippen LogP contribution in [0.1, 0.15) is 35.3 Å². The Labute approximate surface area is 129 Å². The zero-order valence-corrected chi connectivity index (χ0v) is 13.1. The predicted molar refractivity (Wildman–Crippen MR) is 83.7 cm³/mol. The van der Waals surface area contributed by atoms with Crippen LogP contribution in [0.4, 0.5) is 11.5 Å². The van der Waals surface area contributed by atoms with E-state index in [1.54, 1.807) is 13.3 Å². The maximum atomic E-state index is 11.8. The molecule has 0 fully saturated rings. The molecule has 1 aliphatic rings. The molecule has 1 aliphatic heterocycles. The van der Waals surface area contributed by atoms with Gasteiger partial charge in [-0.3, -0.25) is 0 Å². The Balaban J connectivity index is 1.98. The number of fused-ring (bicyclic) bond motifs is 1. The molecule has 22 heavy (non-hydrogen) atoms. The standard InChI is InChI=1S/C17H18N2O3/c1-10-5-6-14(21-4)13(7-10)19-15-8-12-11(9-18-15)16(20)22-17(12,2)3/h5-9H,1-4H3,(H,18,19). The topological polar surface area (TPSA) is 60.5 Å². The third kappa shape index (κ3) is 2.39. The molecule has 0 saturated carbocycles. The monoisotopic (exact) mass is 298 g/mol. The summed E-state index contributed by atoms with van der Waals surface area (Å²) < 4.78 is 10.7. The SMILES string of the molecule is COc1ccc(C)cc1Nc1cc2c(cn1)C(=O)OC2(C)C. The smallest absolute Gasteiger partial charge is 0.341 e. The Morgan fingerprint density at radius 1 is 1.27 bits per heavy atom. The van der Waals surface area contributed by atoms with E-state index in [9.17, 15) is 4.79 Å². The van der Waals surface area contributed by atoms with Crippen LogP contribution in [-0.4, -0.2) is 18.1 Å². The average Bonchev–Trinajstić information content (AvgIpc) is 2.69. The molecular formula is C17H18N2O3. The van der Waals surface area contributed by atoms with Crippen molar-refractivity contribution in [3.8, 4) is 5.75 Å². The number of esters is 1. The van der Waals surface area contributed by atoms with Crippen molar-refractivity contribution in [3.63, 3.8) is 0 Å². The normalized spacial score (nSPS) is 15.2. The third-order valence-corrected chi connectivity index (χ3v) is 3.74. The van der Waals surface area contributed by atoms with Gasteiger partial charge in [0.15, 0.2) is 0 Å². The molecule has 5 nitrogen and oxygen atoms in total. The highest BCUT2D eigenvalue weighted by Crippen LogP contribution is 2.37. The summed E-state index contributed by atoms with van der Waals surface area (Å²) in [5, 5.41) is 3.24. The van der Waals surface area contributed by atoms with Gasteiger partial charge in [-0.2, -0.15) is 0 Å². The maximum absolute atomic E-state index is 11.8. The zero-order chi connectivity index (χ0) is 15.9. The number of cyclic esters (lactones) is 1. The van der Waals surface area contributed by atoms with E-state index < -0.39 is 5.60 Å². The van der Waals surface area contributed by atoms with Crippen molar-refractivity contribution in [2.45, 2.75) is 26.4 Å². The Morgan fingerprint density at radius 2 is 2.05 bits per heavy atom. The highest BCUT2D eigenvalue weighted by atomic mass is 16.6. The summed E-state index contributed by atoms with van der Waals surface area (Å²) in [6.07, 6.45) is 1.55. The van der Waals surface area contributed by atoms with Crippen molar-refractivity contribution < 1.29 is 14.3 Å². The van der Waals surface area contributed by atoms with E-state index in [4.69, 9.17) is 9.47 Å². The number of nitrogens with zero attached hydrogens (tertiary/aromatic N) is 1. The molecule has 3 rings (SSSR count). The van der Waals surface area contributed by atoms with E-state index in [0.717, 1.165) is 22.6 Å². The molecule has 0 amide bonds. The number of nitrogens with one attached hydrogen (secondary N) is 1. The summed E-state index contributed by atoms with van der Waals surface area (Å²) in [5.74, 6) is 1.06. The van der Waals surface area contributed by atoms with Crippen LogP contribution in [0, 0.1) is 6.92 Å². The van der Waals surface area contributed by atoms with Gasteiger partial charge in [-0.25, -0.2) is 9.78 Å². The summed E-state index contributed by atoms with van der Waals surface area (Å²) >= 11 is 0. The Kier molecular flexibility index (Phi) is 3.28. The van der Waals surface area contributed by atoms with E-state index in [0.29, 0.717) is 11.4 Å². The van der Waals surface area contributed by atoms with Gasteiger partial charge in [0, 0.05) is 11.8 Å². The van der Waals surface area contributed by atoms with Crippen molar-refractivity contribution in [1.82, 2.24) is 4.98 Å². The van der Waals surface area contributed by atoms with Crippen LogP contribution in [0.3, 0.4) is 0 Å². The number of hydrogen-bond donors (Lipinski definition) is 1. The fourth-order valence-corrected chi connectivity index (χ4v) is 2.58. The molecule has 2 heterocycles. The van der Waals surface area contributed by atoms with Crippen LogP contribution in [0.15, 0.2) is 30.5 Å². The summed E-state index contributed by atoms with van der Waals surface area (Å²) in [7, 11) is 1.63. The molecule has 1 aromatic carbocycles. The lowest BCUT2D eigenvalue weighted by Gasteiger charge is -2.18. The van der Waals surface area contributed by atoms with E-state index >= 15 is 0 Å². The lowest BCUT2D eigenvalue weighted by atomic mass is 9.97. The van der Waals surface area contributed by atoms with E-state index in [1.165, 1.54) is 0 Å². The maximum Gasteiger partial charge on any atom is 0.341 e. The fourth-order valence-electron chi connectivity index (χ4n) is 2.58. The molecule has 1 N–H and O–H groups in total. The molecule has 0 saturated heterocycles.